The van der Waals surface area contributed by atoms with Gasteiger partial charge in [0.1, 0.15) is 12.2 Å². The van der Waals surface area contributed by atoms with Crippen LogP contribution in [0, 0.1) is 6.92 Å². The van der Waals surface area contributed by atoms with E-state index in [9.17, 15) is 8.42 Å². The molecule has 2 aliphatic heterocycles. The number of allylic oxidation sites excluding steroid dienone is 1. The number of hydrogen-bond acceptors (Lipinski definition) is 7. The molecule has 1 radical (unpaired) electrons. The van der Waals surface area contributed by atoms with Gasteiger partial charge in [0.25, 0.3) is 11.7 Å². The first-order valence-corrected chi connectivity index (χ1v) is 10.9. The van der Waals surface area contributed by atoms with Crippen molar-refractivity contribution in [2.75, 3.05) is 27.2 Å². The molecule has 1 aromatic heterocycles. The Labute approximate surface area is 169 Å². The summed E-state index contributed by atoms with van der Waals surface area (Å²) in [6, 6.07) is 9.23. The van der Waals surface area contributed by atoms with Crippen molar-refractivity contribution in [1.82, 2.24) is 15.1 Å². The number of aromatic amines is 1. The zero-order valence-corrected chi connectivity index (χ0v) is 17.3. The van der Waals surface area contributed by atoms with E-state index in [1.807, 2.05) is 60.3 Å². The van der Waals surface area contributed by atoms with Gasteiger partial charge in [-0.05, 0) is 43.9 Å². The van der Waals surface area contributed by atoms with Crippen LogP contribution in [0.25, 0.3) is 0 Å². The van der Waals surface area contributed by atoms with E-state index in [1.165, 1.54) is 0 Å². The van der Waals surface area contributed by atoms with Crippen molar-refractivity contribution in [3.63, 3.8) is 0 Å². The number of hydrogen-bond donors (Lipinski definition) is 3. The summed E-state index contributed by atoms with van der Waals surface area (Å²) in [4.78, 5) is 8.64. The molecule has 9 nitrogen and oxygen atoms in total. The molecule has 2 aromatic rings. The average Bonchev–Trinajstić information content (AvgIpc) is 3.26. The fraction of sp³-hybridized carbons (Fsp3) is 0.263. The van der Waals surface area contributed by atoms with Gasteiger partial charge >= 0.3 is 0 Å². The Morgan fingerprint density at radius 1 is 1.28 bits per heavy atom. The Kier molecular flexibility index (Phi) is 4.89. The van der Waals surface area contributed by atoms with Gasteiger partial charge < -0.3 is 4.90 Å². The van der Waals surface area contributed by atoms with E-state index in [1.54, 1.807) is 13.0 Å². The lowest BCUT2D eigenvalue weighted by molar-refractivity contribution is 0.602. The number of anilines is 3. The van der Waals surface area contributed by atoms with Gasteiger partial charge in [-0.2, -0.15) is 10.1 Å². The minimum absolute atomic E-state index is 0.0225. The van der Waals surface area contributed by atoms with Gasteiger partial charge in [0, 0.05) is 17.4 Å². The number of fused-ring (bicyclic) bond motifs is 1. The monoisotopic (exact) mass is 413 g/mol. The molecule has 0 bridgehead atoms. The molecule has 0 saturated heterocycles. The van der Waals surface area contributed by atoms with Gasteiger partial charge in [-0.3, -0.25) is 15.1 Å². The molecule has 1 aromatic carbocycles. The maximum Gasteiger partial charge on any atom is 0.284 e. The molecule has 0 spiro atoms. The number of rotatable bonds is 6. The molecule has 10 heteroatoms. The smallest absolute Gasteiger partial charge is 0.284 e. The Hall–Kier alpha value is -3.11. The first-order chi connectivity index (χ1) is 13.8. The van der Waals surface area contributed by atoms with Crippen LogP contribution in [-0.2, 0) is 10.0 Å². The topological polar surface area (TPSA) is 108 Å². The third-order valence-electron chi connectivity index (χ3n) is 4.54. The zero-order chi connectivity index (χ0) is 20.6. The predicted molar refractivity (Wildman–Crippen MR) is 115 cm³/mol. The largest absolute Gasteiger partial charge is 0.329 e. The van der Waals surface area contributed by atoms with Crippen molar-refractivity contribution in [1.29, 1.82) is 0 Å². The average molecular weight is 414 g/mol. The van der Waals surface area contributed by atoms with Crippen molar-refractivity contribution in [2.45, 2.75) is 20.8 Å². The highest BCUT2D eigenvalue weighted by atomic mass is 32.2. The molecule has 0 aliphatic carbocycles. The molecule has 0 atom stereocenters. The van der Waals surface area contributed by atoms with E-state index < -0.39 is 10.0 Å². The van der Waals surface area contributed by atoms with Crippen molar-refractivity contribution in [3.8, 4) is 0 Å². The summed E-state index contributed by atoms with van der Waals surface area (Å²) in [5.41, 5.74) is 3.25. The van der Waals surface area contributed by atoms with Gasteiger partial charge in [0.2, 0.25) is 10.0 Å². The highest BCUT2D eigenvalue weighted by molar-refractivity contribution is 7.92. The molecule has 151 valence electrons. The molecule has 3 N–H and O–H groups in total. The van der Waals surface area contributed by atoms with Crippen molar-refractivity contribution < 1.29 is 8.42 Å². The van der Waals surface area contributed by atoms with Crippen LogP contribution in [0.4, 0.5) is 17.2 Å². The third-order valence-corrected chi connectivity index (χ3v) is 5.85. The first-order valence-electron chi connectivity index (χ1n) is 9.26. The standard InChI is InChI=1S/C19H23N7O2S/c1-4-29(27,28)24-15-6-5-7-16(9-15)25-11-18-20-14(3)10-26(18)19(12-25)21-17-8-13(2)22-23-17/h5-10,12,24H,4,11H2,1-3H3,(H2,21,22,23)/q+1. The Morgan fingerprint density at radius 2 is 2.10 bits per heavy atom. The molecule has 3 heterocycles. The molecule has 0 amide bonds. The first kappa shape index (κ1) is 19.2. The molecule has 0 saturated carbocycles. The number of H-pyrrole nitrogens is 1. The lowest BCUT2D eigenvalue weighted by Crippen LogP contribution is -2.45. The summed E-state index contributed by atoms with van der Waals surface area (Å²) in [5.74, 6) is 2.41. The van der Waals surface area contributed by atoms with Crippen LogP contribution in [0.1, 0.15) is 19.5 Å². The highest BCUT2D eigenvalue weighted by Gasteiger charge is 2.39. The van der Waals surface area contributed by atoms with E-state index in [2.05, 4.69) is 25.2 Å². The molecular weight excluding hydrogens is 390 g/mol. The molecule has 0 fully saturated rings. The van der Waals surface area contributed by atoms with E-state index >= 15 is 0 Å². The minimum Gasteiger partial charge on any atom is -0.329 e. The van der Waals surface area contributed by atoms with Gasteiger partial charge in [0.05, 0.1) is 17.6 Å². The predicted octanol–water partition coefficient (Wildman–Crippen LogP) is 2.62. The number of aryl methyl sites for hydroxylation is 1. The number of sulfonamides is 1. The SMILES string of the molecule is CCS(=O)(=O)Nc1cccc(N2C=C(Nc3cc(C)[nH]n3)[N+]3C=C(C)N=C3C2)c1. The van der Waals surface area contributed by atoms with Gasteiger partial charge in [0.15, 0.2) is 12.0 Å². The minimum atomic E-state index is -3.34. The summed E-state index contributed by atoms with van der Waals surface area (Å²) in [6.07, 6.45) is 3.93. The number of benzene rings is 1. The van der Waals surface area contributed by atoms with E-state index in [4.69, 9.17) is 0 Å². The quantitative estimate of drug-likeness (QED) is 0.631. The normalized spacial score (nSPS) is 16.8. The second-order valence-corrected chi connectivity index (χ2v) is 8.94. The number of amidine groups is 1. The lowest BCUT2D eigenvalue weighted by atomic mass is 10.2. The van der Waals surface area contributed by atoms with Gasteiger partial charge in [-0.1, -0.05) is 6.07 Å². The van der Waals surface area contributed by atoms with Crippen LogP contribution in [0.5, 0.6) is 0 Å². The van der Waals surface area contributed by atoms with E-state index in [-0.39, 0.29) is 5.75 Å². The summed E-state index contributed by atoms with van der Waals surface area (Å²) in [6.45, 7) is 6.06. The highest BCUT2D eigenvalue weighted by Crippen LogP contribution is 2.27. The maximum absolute atomic E-state index is 11.9. The van der Waals surface area contributed by atoms with Crippen LogP contribution in [0.3, 0.4) is 0 Å². The Bertz CT molecular complexity index is 1130. The van der Waals surface area contributed by atoms with Gasteiger partial charge in [-0.25, -0.2) is 8.42 Å². The fourth-order valence-electron chi connectivity index (χ4n) is 3.15. The number of aliphatic imine (C=N–C) groups is 1. The van der Waals surface area contributed by atoms with Crippen molar-refractivity contribution >= 4 is 33.1 Å². The fourth-order valence-corrected chi connectivity index (χ4v) is 3.78. The van der Waals surface area contributed by atoms with Crippen LogP contribution < -0.4 is 19.8 Å². The summed E-state index contributed by atoms with van der Waals surface area (Å²) in [7, 11) is -3.34. The zero-order valence-electron chi connectivity index (χ0n) is 16.5. The van der Waals surface area contributed by atoms with Gasteiger partial charge in [-0.15, -0.1) is 0 Å². The lowest BCUT2D eigenvalue weighted by Gasteiger charge is -2.25. The number of nitrogens with zero attached hydrogens (tertiary/aromatic N) is 4. The summed E-state index contributed by atoms with van der Waals surface area (Å²) < 4.78 is 26.4. The third kappa shape index (κ3) is 4.17. The van der Waals surface area contributed by atoms with Crippen LogP contribution in [-0.4, -0.2) is 36.7 Å². The number of nitrogens with one attached hydrogen (secondary N) is 3. The summed E-state index contributed by atoms with van der Waals surface area (Å²) in [5, 5.41) is 10.5. The molecule has 0 unspecified atom stereocenters. The second-order valence-electron chi connectivity index (χ2n) is 6.93. The molecule has 29 heavy (non-hydrogen) atoms. The van der Waals surface area contributed by atoms with E-state index in [0.29, 0.717) is 18.1 Å². The summed E-state index contributed by atoms with van der Waals surface area (Å²) >= 11 is 0. The van der Waals surface area contributed by atoms with Crippen molar-refractivity contribution in [2.24, 2.45) is 4.99 Å². The van der Waals surface area contributed by atoms with Crippen LogP contribution >= 0.6 is 0 Å². The van der Waals surface area contributed by atoms with Crippen LogP contribution in [0.15, 0.2) is 59.2 Å². The molecular formula is C19H23N7O2S+. The number of aromatic nitrogens is 2. The van der Waals surface area contributed by atoms with E-state index in [0.717, 1.165) is 28.7 Å². The molecule has 2 aliphatic rings. The second kappa shape index (κ2) is 7.37. The van der Waals surface area contributed by atoms with Crippen LogP contribution in [0.2, 0.25) is 0 Å². The van der Waals surface area contributed by atoms with Crippen molar-refractivity contribution in [3.05, 3.63) is 59.9 Å². The maximum atomic E-state index is 11.9. The Balaban J connectivity index is 1.66. The molecule has 4 rings (SSSR count). The Morgan fingerprint density at radius 3 is 2.83 bits per heavy atom.